The van der Waals surface area contributed by atoms with Crippen LogP contribution in [0.5, 0.6) is 0 Å². The van der Waals surface area contributed by atoms with Gasteiger partial charge in [0.1, 0.15) is 12.4 Å². The molecule has 17 heavy (non-hydrogen) atoms. The lowest BCUT2D eigenvalue weighted by molar-refractivity contribution is 0.240. The molecule has 94 valence electrons. The molecule has 0 heterocycles. The van der Waals surface area contributed by atoms with Gasteiger partial charge in [0.2, 0.25) is 0 Å². The molecule has 0 aromatic heterocycles. The van der Waals surface area contributed by atoms with E-state index >= 15 is 0 Å². The van der Waals surface area contributed by atoms with E-state index in [2.05, 4.69) is 11.6 Å². The summed E-state index contributed by atoms with van der Waals surface area (Å²) in [6.07, 6.45) is 5.91. The van der Waals surface area contributed by atoms with E-state index < -0.39 is 0 Å². The van der Waals surface area contributed by atoms with Crippen molar-refractivity contribution in [1.82, 2.24) is 0 Å². The lowest BCUT2D eigenvalue weighted by Gasteiger charge is -2.06. The lowest BCUT2D eigenvalue weighted by atomic mass is 10.4. The maximum Gasteiger partial charge on any atom is 0.129 e. The Hall–Kier alpha value is -1.64. The van der Waals surface area contributed by atoms with Crippen LogP contribution in [-0.2, 0) is 4.74 Å². The zero-order valence-electron chi connectivity index (χ0n) is 11.0. The van der Waals surface area contributed by atoms with Crippen molar-refractivity contribution in [1.29, 1.82) is 0 Å². The number of nitrogens with zero attached hydrogens (tertiary/aromatic N) is 1. The Morgan fingerprint density at radius 1 is 1.29 bits per heavy atom. The second-order valence-electron chi connectivity index (χ2n) is 3.66. The maximum atomic E-state index is 12.7. The van der Waals surface area contributed by atoms with E-state index in [1.807, 2.05) is 26.8 Å². The average molecular weight is 237 g/mol. The highest BCUT2D eigenvalue weighted by molar-refractivity contribution is 5.80. The monoisotopic (exact) mass is 237 g/mol. The Balaban J connectivity index is 4.38. The van der Waals surface area contributed by atoms with Crippen molar-refractivity contribution in [3.8, 4) is 0 Å². The molecule has 0 rings (SSSR count). The molecule has 0 fully saturated rings. The van der Waals surface area contributed by atoms with E-state index in [0.29, 0.717) is 12.4 Å². The number of hydrogen-bond acceptors (Lipinski definition) is 2. The van der Waals surface area contributed by atoms with Crippen LogP contribution in [0.15, 0.2) is 53.2 Å². The molecule has 0 radical (unpaired) electrons. The molecule has 0 aliphatic heterocycles. The summed E-state index contributed by atoms with van der Waals surface area (Å²) in [6, 6.07) is 0. The van der Waals surface area contributed by atoms with E-state index in [-0.39, 0.29) is 5.83 Å². The molecule has 2 nitrogen and oxygen atoms in total. The lowest BCUT2D eigenvalue weighted by Crippen LogP contribution is -1.96. The second kappa shape index (κ2) is 8.50. The molecule has 0 saturated carbocycles. The van der Waals surface area contributed by atoms with Gasteiger partial charge < -0.3 is 4.74 Å². The predicted molar refractivity (Wildman–Crippen MR) is 71.6 cm³/mol. The standard InChI is InChI=1S/C14H20FNO/c1-6-13(15)9-8-12(5)17-10-14(7-2)16-11(3)4/h6-9H,1,10H2,2-5H3/b12-8+,13-9+,14-7-. The summed E-state index contributed by atoms with van der Waals surface area (Å²) in [4.78, 5) is 4.30. The molecule has 0 aromatic carbocycles. The molecular weight excluding hydrogens is 217 g/mol. The minimum absolute atomic E-state index is 0.383. The van der Waals surface area contributed by atoms with Crippen LogP contribution >= 0.6 is 0 Å². The van der Waals surface area contributed by atoms with Gasteiger partial charge in [0.25, 0.3) is 0 Å². The van der Waals surface area contributed by atoms with Gasteiger partial charge in [-0.05, 0) is 45.9 Å². The SMILES string of the molecule is C=C/C(F)=C\C=C(/C)OC/C(=C/C)N=C(C)C. The summed E-state index contributed by atoms with van der Waals surface area (Å²) in [7, 11) is 0. The molecule has 0 aliphatic carbocycles. The molecule has 0 aromatic rings. The van der Waals surface area contributed by atoms with Crippen molar-refractivity contribution in [3.63, 3.8) is 0 Å². The first-order valence-corrected chi connectivity index (χ1v) is 5.46. The number of rotatable bonds is 6. The molecule has 0 spiro atoms. The highest BCUT2D eigenvalue weighted by Gasteiger charge is 1.95. The van der Waals surface area contributed by atoms with Crippen LogP contribution in [0, 0.1) is 0 Å². The van der Waals surface area contributed by atoms with Crippen molar-refractivity contribution in [3.05, 3.63) is 48.2 Å². The number of aliphatic imine (C=N–C) groups is 1. The molecular formula is C14H20FNO. The molecule has 0 N–H and O–H groups in total. The number of ether oxygens (including phenoxy) is 1. The van der Waals surface area contributed by atoms with Gasteiger partial charge in [0, 0.05) is 5.71 Å². The van der Waals surface area contributed by atoms with Gasteiger partial charge >= 0.3 is 0 Å². The maximum absolute atomic E-state index is 12.7. The fraction of sp³-hybridized carbons (Fsp3) is 0.357. The summed E-state index contributed by atoms with van der Waals surface area (Å²) in [5, 5.41) is 0. The summed E-state index contributed by atoms with van der Waals surface area (Å²) < 4.78 is 18.2. The molecule has 0 unspecified atom stereocenters. The van der Waals surface area contributed by atoms with E-state index in [0.717, 1.165) is 17.5 Å². The Kier molecular flexibility index (Phi) is 7.68. The van der Waals surface area contributed by atoms with Crippen molar-refractivity contribution in [2.75, 3.05) is 6.61 Å². The zero-order chi connectivity index (χ0) is 13.3. The molecule has 0 bridgehead atoms. The van der Waals surface area contributed by atoms with E-state index in [4.69, 9.17) is 4.74 Å². The Morgan fingerprint density at radius 3 is 2.41 bits per heavy atom. The van der Waals surface area contributed by atoms with E-state index in [9.17, 15) is 4.39 Å². The first kappa shape index (κ1) is 15.4. The quantitative estimate of drug-likeness (QED) is 0.383. The molecule has 0 saturated heterocycles. The van der Waals surface area contributed by atoms with Gasteiger partial charge in [-0.1, -0.05) is 12.7 Å². The molecule has 0 amide bonds. The van der Waals surface area contributed by atoms with Gasteiger partial charge in [0.15, 0.2) is 0 Å². The topological polar surface area (TPSA) is 21.6 Å². The summed E-state index contributed by atoms with van der Waals surface area (Å²) in [5.41, 5.74) is 1.83. The Labute approximate surface area is 103 Å². The summed E-state index contributed by atoms with van der Waals surface area (Å²) in [5.74, 6) is 0.243. The first-order valence-electron chi connectivity index (χ1n) is 5.46. The Bertz CT molecular complexity index is 372. The molecule has 3 heteroatoms. The van der Waals surface area contributed by atoms with Gasteiger partial charge in [-0.3, -0.25) is 4.99 Å². The highest BCUT2D eigenvalue weighted by Crippen LogP contribution is 2.05. The summed E-state index contributed by atoms with van der Waals surface area (Å²) in [6.45, 7) is 11.2. The zero-order valence-corrected chi connectivity index (χ0v) is 11.0. The van der Waals surface area contributed by atoms with Crippen LogP contribution in [0.1, 0.15) is 27.7 Å². The molecule has 0 atom stereocenters. The Morgan fingerprint density at radius 2 is 1.94 bits per heavy atom. The van der Waals surface area contributed by atoms with Gasteiger partial charge in [-0.15, -0.1) is 0 Å². The van der Waals surface area contributed by atoms with E-state index in [1.165, 1.54) is 6.08 Å². The number of hydrogen-bond donors (Lipinski definition) is 0. The van der Waals surface area contributed by atoms with Crippen LogP contribution in [0.4, 0.5) is 4.39 Å². The summed E-state index contributed by atoms with van der Waals surface area (Å²) >= 11 is 0. The van der Waals surface area contributed by atoms with Crippen LogP contribution < -0.4 is 0 Å². The van der Waals surface area contributed by atoms with Crippen molar-refractivity contribution < 1.29 is 9.13 Å². The van der Waals surface area contributed by atoms with Crippen molar-refractivity contribution >= 4 is 5.71 Å². The normalized spacial score (nSPS) is 13.4. The largest absolute Gasteiger partial charge is 0.492 e. The van der Waals surface area contributed by atoms with Crippen molar-refractivity contribution in [2.45, 2.75) is 27.7 Å². The third-order valence-corrected chi connectivity index (χ3v) is 1.82. The average Bonchev–Trinajstić information content (AvgIpc) is 2.30. The van der Waals surface area contributed by atoms with Gasteiger partial charge in [0.05, 0.1) is 11.5 Å². The highest BCUT2D eigenvalue weighted by atomic mass is 19.1. The third kappa shape index (κ3) is 8.20. The third-order valence-electron chi connectivity index (χ3n) is 1.82. The fourth-order valence-corrected chi connectivity index (χ4v) is 0.968. The first-order chi connectivity index (χ1) is 7.99. The van der Waals surface area contributed by atoms with Crippen LogP contribution in [0.2, 0.25) is 0 Å². The number of allylic oxidation sites excluding steroid dienone is 6. The van der Waals surface area contributed by atoms with E-state index in [1.54, 1.807) is 13.0 Å². The smallest absolute Gasteiger partial charge is 0.129 e. The fourth-order valence-electron chi connectivity index (χ4n) is 0.968. The number of halogens is 1. The second-order valence-corrected chi connectivity index (χ2v) is 3.66. The van der Waals surface area contributed by atoms with Crippen LogP contribution in [0.3, 0.4) is 0 Å². The van der Waals surface area contributed by atoms with Gasteiger partial charge in [-0.2, -0.15) is 0 Å². The minimum Gasteiger partial charge on any atom is -0.492 e. The van der Waals surface area contributed by atoms with Crippen molar-refractivity contribution in [2.24, 2.45) is 4.99 Å². The van der Waals surface area contributed by atoms with Gasteiger partial charge in [-0.25, -0.2) is 4.39 Å². The predicted octanol–water partition coefficient (Wildman–Crippen LogP) is 4.33. The van der Waals surface area contributed by atoms with Crippen LogP contribution in [-0.4, -0.2) is 12.3 Å². The minimum atomic E-state index is -0.387. The van der Waals surface area contributed by atoms with Crippen LogP contribution in [0.25, 0.3) is 0 Å². The molecule has 0 aliphatic rings.